The molecule has 2 N–H and O–H groups in total. The number of benzene rings is 2. The lowest BCUT2D eigenvalue weighted by Gasteiger charge is -2.35. The molecule has 1 fully saturated rings. The zero-order valence-electron chi connectivity index (χ0n) is 18.6. The molecule has 6 nitrogen and oxygen atoms in total. The lowest BCUT2D eigenvalue weighted by Crippen LogP contribution is -3.15. The number of hydrogen-bond acceptors (Lipinski definition) is 3. The molecule has 2 aromatic rings. The van der Waals surface area contributed by atoms with E-state index in [0.29, 0.717) is 26.2 Å². The van der Waals surface area contributed by atoms with Crippen molar-refractivity contribution in [3.05, 3.63) is 59.2 Å². The zero-order valence-corrected chi connectivity index (χ0v) is 18.6. The largest absolute Gasteiger partial charge is 0.362 e. The molecular formula is C25H33N4O2+. The first-order valence-corrected chi connectivity index (χ1v) is 11.3. The molecule has 2 heterocycles. The second kappa shape index (κ2) is 9.52. The van der Waals surface area contributed by atoms with Gasteiger partial charge in [-0.3, -0.25) is 9.59 Å². The van der Waals surface area contributed by atoms with Gasteiger partial charge in [0.25, 0.3) is 5.91 Å². The Morgan fingerprint density at radius 2 is 1.68 bits per heavy atom. The number of carbonyl (C=O) groups is 2. The Bertz CT molecular complexity index is 930. The fourth-order valence-corrected chi connectivity index (χ4v) is 4.71. The number of piperazine rings is 1. The number of para-hydroxylation sites is 2. The summed E-state index contributed by atoms with van der Waals surface area (Å²) >= 11 is 0. The molecule has 0 aromatic heterocycles. The van der Waals surface area contributed by atoms with E-state index in [0.717, 1.165) is 49.3 Å². The first-order chi connectivity index (χ1) is 15.0. The van der Waals surface area contributed by atoms with Gasteiger partial charge in [0.05, 0.1) is 32.7 Å². The maximum Gasteiger partial charge on any atom is 0.279 e. The number of nitrogens with one attached hydrogen (secondary N) is 2. The van der Waals surface area contributed by atoms with Crippen LogP contribution in [0.15, 0.2) is 42.5 Å². The Morgan fingerprint density at radius 3 is 2.42 bits per heavy atom. The average molecular weight is 422 g/mol. The number of carbonyl (C=O) groups excluding carboxylic acids is 2. The number of anilines is 2. The summed E-state index contributed by atoms with van der Waals surface area (Å²) < 4.78 is 0. The smallest absolute Gasteiger partial charge is 0.279 e. The maximum atomic E-state index is 12.9. The summed E-state index contributed by atoms with van der Waals surface area (Å²) in [6.45, 7) is 8.88. The Hall–Kier alpha value is -2.86. The monoisotopic (exact) mass is 421 g/mol. The Kier molecular flexibility index (Phi) is 6.56. The highest BCUT2D eigenvalue weighted by atomic mass is 16.2. The number of amides is 2. The maximum absolute atomic E-state index is 12.9. The van der Waals surface area contributed by atoms with Crippen molar-refractivity contribution >= 4 is 23.2 Å². The van der Waals surface area contributed by atoms with Crippen molar-refractivity contribution in [2.24, 2.45) is 0 Å². The van der Waals surface area contributed by atoms with Crippen molar-refractivity contribution in [2.75, 3.05) is 56.0 Å². The number of fused-ring (bicyclic) bond motifs is 1. The minimum Gasteiger partial charge on any atom is -0.362 e. The first-order valence-electron chi connectivity index (χ1n) is 11.3. The van der Waals surface area contributed by atoms with Gasteiger partial charge in [-0.2, -0.15) is 0 Å². The van der Waals surface area contributed by atoms with Crippen LogP contribution >= 0.6 is 0 Å². The number of nitrogens with zero attached hydrogens (tertiary/aromatic N) is 2. The summed E-state index contributed by atoms with van der Waals surface area (Å²) in [5.74, 6) is 0.229. The molecule has 0 atom stereocenters. The van der Waals surface area contributed by atoms with Gasteiger partial charge < -0.3 is 20.0 Å². The minimum atomic E-state index is 0.0390. The molecule has 2 aliphatic rings. The summed E-state index contributed by atoms with van der Waals surface area (Å²) in [5.41, 5.74) is 5.62. The molecular weight excluding hydrogens is 388 g/mol. The van der Waals surface area contributed by atoms with E-state index in [1.54, 1.807) is 0 Å². The van der Waals surface area contributed by atoms with Crippen LogP contribution in [0.5, 0.6) is 0 Å². The zero-order chi connectivity index (χ0) is 21.8. The van der Waals surface area contributed by atoms with Crippen LogP contribution in [-0.4, -0.2) is 62.5 Å². The molecule has 6 heteroatoms. The average Bonchev–Trinajstić information content (AvgIpc) is 2.77. The number of aryl methyl sites for hydroxylation is 3. The molecule has 0 spiro atoms. The highest BCUT2D eigenvalue weighted by Crippen LogP contribution is 2.26. The second-order valence-electron chi connectivity index (χ2n) is 8.78. The van der Waals surface area contributed by atoms with Gasteiger partial charge >= 0.3 is 0 Å². The molecule has 1 saturated heterocycles. The van der Waals surface area contributed by atoms with Gasteiger partial charge in [-0.05, 0) is 49.4 Å². The number of hydrogen-bond donors (Lipinski definition) is 2. The van der Waals surface area contributed by atoms with E-state index >= 15 is 0 Å². The van der Waals surface area contributed by atoms with Crippen molar-refractivity contribution in [3.8, 4) is 0 Å². The lowest BCUT2D eigenvalue weighted by molar-refractivity contribution is -0.895. The van der Waals surface area contributed by atoms with E-state index in [9.17, 15) is 9.59 Å². The predicted molar refractivity (Wildman–Crippen MR) is 124 cm³/mol. The van der Waals surface area contributed by atoms with Crippen molar-refractivity contribution in [2.45, 2.75) is 26.7 Å². The van der Waals surface area contributed by atoms with Gasteiger partial charge in [0.1, 0.15) is 0 Å². The molecule has 0 saturated carbocycles. The molecule has 4 rings (SSSR count). The molecule has 164 valence electrons. The molecule has 0 aliphatic carbocycles. The SMILES string of the molecule is Cc1cccc(C)c1NC(=O)C[NH+]1CCN(C(=O)CN2CCCc3ccccc32)CC1. The van der Waals surface area contributed by atoms with Gasteiger partial charge in [0, 0.05) is 17.9 Å². The highest BCUT2D eigenvalue weighted by molar-refractivity contribution is 5.93. The van der Waals surface area contributed by atoms with Crippen molar-refractivity contribution < 1.29 is 14.5 Å². The van der Waals surface area contributed by atoms with E-state index in [-0.39, 0.29) is 11.8 Å². The standard InChI is InChI=1S/C25H32N4O2/c1-19-7-5-8-20(2)25(19)26-23(30)17-27-13-15-28(16-14-27)24(31)18-29-12-6-10-21-9-3-4-11-22(21)29/h3-5,7-9,11H,6,10,12-18H2,1-2H3,(H,26,30)/p+1. The third-order valence-corrected chi connectivity index (χ3v) is 6.51. The molecule has 2 aromatic carbocycles. The summed E-state index contributed by atoms with van der Waals surface area (Å²) in [4.78, 5) is 30.9. The molecule has 0 unspecified atom stereocenters. The van der Waals surface area contributed by atoms with Gasteiger partial charge in [0.15, 0.2) is 6.54 Å². The van der Waals surface area contributed by atoms with E-state index in [4.69, 9.17) is 0 Å². The van der Waals surface area contributed by atoms with Crippen molar-refractivity contribution in [1.82, 2.24) is 4.90 Å². The lowest BCUT2D eigenvalue weighted by atomic mass is 10.0. The van der Waals surface area contributed by atoms with Gasteiger partial charge in [-0.15, -0.1) is 0 Å². The Balaban J connectivity index is 1.26. The second-order valence-corrected chi connectivity index (χ2v) is 8.78. The predicted octanol–water partition coefficient (Wildman–Crippen LogP) is 1.42. The molecule has 0 radical (unpaired) electrons. The first kappa shape index (κ1) is 21.4. The van der Waals surface area contributed by atoms with Gasteiger partial charge in [-0.1, -0.05) is 36.4 Å². The minimum absolute atomic E-state index is 0.0390. The van der Waals surface area contributed by atoms with Crippen molar-refractivity contribution in [1.29, 1.82) is 0 Å². The summed E-state index contributed by atoms with van der Waals surface area (Å²) in [6.07, 6.45) is 2.19. The third kappa shape index (κ3) is 5.07. The molecule has 2 aliphatic heterocycles. The van der Waals surface area contributed by atoms with E-state index in [1.807, 2.05) is 43.0 Å². The van der Waals surface area contributed by atoms with Crippen molar-refractivity contribution in [3.63, 3.8) is 0 Å². The third-order valence-electron chi connectivity index (χ3n) is 6.51. The van der Waals surface area contributed by atoms with Gasteiger partial charge in [-0.25, -0.2) is 0 Å². The Labute approximate surface area is 184 Å². The van der Waals surface area contributed by atoms with Crippen LogP contribution in [0.3, 0.4) is 0 Å². The van der Waals surface area contributed by atoms with E-state index < -0.39 is 0 Å². The van der Waals surface area contributed by atoms with Crippen LogP contribution in [0.25, 0.3) is 0 Å². The van der Waals surface area contributed by atoms with E-state index in [2.05, 4.69) is 28.4 Å². The Morgan fingerprint density at radius 1 is 0.968 bits per heavy atom. The highest BCUT2D eigenvalue weighted by Gasteiger charge is 2.27. The molecule has 0 bridgehead atoms. The van der Waals surface area contributed by atoms with Crippen LogP contribution in [0.4, 0.5) is 11.4 Å². The molecule has 31 heavy (non-hydrogen) atoms. The van der Waals surface area contributed by atoms with Crippen LogP contribution in [0.1, 0.15) is 23.1 Å². The van der Waals surface area contributed by atoms with Crippen LogP contribution < -0.4 is 15.1 Å². The van der Waals surface area contributed by atoms with E-state index in [1.165, 1.54) is 16.2 Å². The molecule has 2 amide bonds. The fraction of sp³-hybridized carbons (Fsp3) is 0.440. The summed E-state index contributed by atoms with van der Waals surface area (Å²) in [6, 6.07) is 14.4. The quantitative estimate of drug-likeness (QED) is 0.768. The van der Waals surface area contributed by atoms with Crippen LogP contribution in [0, 0.1) is 13.8 Å². The van der Waals surface area contributed by atoms with Gasteiger partial charge in [0.2, 0.25) is 5.91 Å². The number of quaternary nitrogens is 1. The van der Waals surface area contributed by atoms with Crippen LogP contribution in [-0.2, 0) is 16.0 Å². The fourth-order valence-electron chi connectivity index (χ4n) is 4.71. The summed E-state index contributed by atoms with van der Waals surface area (Å²) in [7, 11) is 0. The summed E-state index contributed by atoms with van der Waals surface area (Å²) in [5, 5.41) is 3.08. The number of rotatable bonds is 5. The van der Waals surface area contributed by atoms with Crippen LogP contribution in [0.2, 0.25) is 0 Å². The topological polar surface area (TPSA) is 57.1 Å². The normalized spacial score (nSPS) is 16.7.